The zero-order chi connectivity index (χ0) is 21.9. The van der Waals surface area contributed by atoms with Gasteiger partial charge in [0, 0.05) is 6.42 Å². The number of carbonyl (C=O) groups excluding carboxylic acids is 1. The number of carbonyl (C=O) groups is 1. The van der Waals surface area contributed by atoms with Crippen molar-refractivity contribution in [2.45, 2.75) is 89.4 Å². The first-order chi connectivity index (χ1) is 14.7. The standard InChI is InChI=1S/C25H40O5/c1-2-23-24(30-23)18-16-14-12-10-8-6-4-3-5-7-9-11-13-15-17-19-25(28)29-21-22(27)20-26/h3-4,7-10,14,16,22-24,26-27H,2,5-6,11-13,15,17-21H2,1H3/b4-3-,9-7-,10-8-,16-14-. The minimum atomic E-state index is -0.979. The summed E-state index contributed by atoms with van der Waals surface area (Å²) in [6.45, 7) is 1.65. The van der Waals surface area contributed by atoms with Crippen LogP contribution in [0, 0.1) is 0 Å². The fraction of sp³-hybridized carbons (Fsp3) is 0.640. The highest BCUT2D eigenvalue weighted by molar-refractivity contribution is 5.69. The van der Waals surface area contributed by atoms with E-state index < -0.39 is 6.10 Å². The number of epoxide rings is 1. The molecule has 5 heteroatoms. The van der Waals surface area contributed by atoms with E-state index in [9.17, 15) is 4.79 Å². The zero-order valence-corrected chi connectivity index (χ0v) is 18.5. The molecule has 0 aromatic carbocycles. The van der Waals surface area contributed by atoms with E-state index in [4.69, 9.17) is 19.7 Å². The lowest BCUT2D eigenvalue weighted by atomic mass is 10.1. The third kappa shape index (κ3) is 15.2. The molecular weight excluding hydrogens is 380 g/mol. The number of allylic oxidation sites excluding steroid dienone is 7. The van der Waals surface area contributed by atoms with Gasteiger partial charge in [0.1, 0.15) is 12.7 Å². The van der Waals surface area contributed by atoms with Crippen molar-refractivity contribution < 1.29 is 24.5 Å². The van der Waals surface area contributed by atoms with Gasteiger partial charge in [0.05, 0.1) is 18.8 Å². The molecule has 0 aromatic rings. The van der Waals surface area contributed by atoms with Gasteiger partial charge >= 0.3 is 5.97 Å². The number of hydrogen-bond acceptors (Lipinski definition) is 5. The molecule has 0 radical (unpaired) electrons. The summed E-state index contributed by atoms with van der Waals surface area (Å²) in [5.74, 6) is -0.314. The van der Waals surface area contributed by atoms with E-state index in [0.29, 0.717) is 18.6 Å². The number of rotatable bonds is 18. The lowest BCUT2D eigenvalue weighted by Crippen LogP contribution is -2.21. The normalized spacial score (nSPS) is 20.1. The first kappa shape index (κ1) is 26.3. The van der Waals surface area contributed by atoms with Crippen LogP contribution >= 0.6 is 0 Å². The van der Waals surface area contributed by atoms with Crippen LogP contribution < -0.4 is 0 Å². The highest BCUT2D eigenvalue weighted by Crippen LogP contribution is 2.28. The maximum absolute atomic E-state index is 11.4. The van der Waals surface area contributed by atoms with Crippen LogP contribution in [0.5, 0.6) is 0 Å². The van der Waals surface area contributed by atoms with Crippen LogP contribution in [-0.2, 0) is 14.3 Å². The van der Waals surface area contributed by atoms with Gasteiger partial charge in [-0.1, -0.05) is 62.0 Å². The second kappa shape index (κ2) is 18.1. The van der Waals surface area contributed by atoms with E-state index in [2.05, 4.69) is 55.5 Å². The molecular formula is C25H40O5. The molecule has 1 rings (SSSR count). The van der Waals surface area contributed by atoms with Crippen molar-refractivity contribution in [1.29, 1.82) is 0 Å². The van der Waals surface area contributed by atoms with Crippen molar-refractivity contribution in [3.8, 4) is 0 Å². The van der Waals surface area contributed by atoms with Gasteiger partial charge in [0.15, 0.2) is 0 Å². The van der Waals surface area contributed by atoms with Gasteiger partial charge in [-0.2, -0.15) is 0 Å². The van der Waals surface area contributed by atoms with Crippen molar-refractivity contribution in [2.24, 2.45) is 0 Å². The quantitative estimate of drug-likeness (QED) is 0.144. The SMILES string of the molecule is CCC1OC1C/C=C\C/C=C\C/C=C\C/C=C\CCCCCC(=O)OCC(O)CO. The highest BCUT2D eigenvalue weighted by Gasteiger charge is 2.35. The summed E-state index contributed by atoms with van der Waals surface area (Å²) in [5.41, 5.74) is 0. The minimum Gasteiger partial charge on any atom is -0.463 e. The maximum Gasteiger partial charge on any atom is 0.305 e. The molecule has 0 aliphatic carbocycles. The van der Waals surface area contributed by atoms with E-state index >= 15 is 0 Å². The van der Waals surface area contributed by atoms with Gasteiger partial charge < -0.3 is 19.7 Å². The average Bonchev–Trinajstić information content (AvgIpc) is 3.52. The Balaban J connectivity index is 1.86. The number of esters is 1. The van der Waals surface area contributed by atoms with Crippen LogP contribution in [0.2, 0.25) is 0 Å². The third-order valence-electron chi connectivity index (χ3n) is 4.84. The number of aliphatic hydroxyl groups is 2. The monoisotopic (exact) mass is 420 g/mol. The van der Waals surface area contributed by atoms with Gasteiger partial charge in [-0.25, -0.2) is 0 Å². The van der Waals surface area contributed by atoms with Crippen molar-refractivity contribution >= 4 is 5.97 Å². The molecule has 1 aliphatic heterocycles. The van der Waals surface area contributed by atoms with Gasteiger partial charge in [-0.05, 0) is 51.4 Å². The molecule has 2 N–H and O–H groups in total. The van der Waals surface area contributed by atoms with E-state index in [1.165, 1.54) is 0 Å². The molecule has 0 saturated carbocycles. The molecule has 1 aliphatic rings. The fourth-order valence-electron chi connectivity index (χ4n) is 2.93. The summed E-state index contributed by atoms with van der Waals surface area (Å²) >= 11 is 0. The van der Waals surface area contributed by atoms with E-state index in [0.717, 1.165) is 57.8 Å². The van der Waals surface area contributed by atoms with Crippen LogP contribution in [0.15, 0.2) is 48.6 Å². The summed E-state index contributed by atoms with van der Waals surface area (Å²) < 4.78 is 10.4. The Bertz CT molecular complexity index is 550. The molecule has 0 aromatic heterocycles. The fourth-order valence-corrected chi connectivity index (χ4v) is 2.93. The Hall–Kier alpha value is -1.69. The number of hydrogen-bond donors (Lipinski definition) is 2. The van der Waals surface area contributed by atoms with Crippen molar-refractivity contribution in [2.75, 3.05) is 13.2 Å². The van der Waals surface area contributed by atoms with Crippen LogP contribution in [-0.4, -0.2) is 47.7 Å². The van der Waals surface area contributed by atoms with Crippen LogP contribution in [0.4, 0.5) is 0 Å². The first-order valence-corrected chi connectivity index (χ1v) is 11.4. The number of unbranched alkanes of at least 4 members (excludes halogenated alkanes) is 3. The predicted molar refractivity (Wildman–Crippen MR) is 121 cm³/mol. The number of ether oxygens (including phenoxy) is 2. The summed E-state index contributed by atoms with van der Waals surface area (Å²) in [7, 11) is 0. The van der Waals surface area contributed by atoms with Crippen molar-refractivity contribution in [3.63, 3.8) is 0 Å². The van der Waals surface area contributed by atoms with Gasteiger partial charge in [-0.3, -0.25) is 4.79 Å². The molecule has 1 saturated heterocycles. The third-order valence-corrected chi connectivity index (χ3v) is 4.84. The molecule has 0 amide bonds. The van der Waals surface area contributed by atoms with Crippen LogP contribution in [0.25, 0.3) is 0 Å². The summed E-state index contributed by atoms with van der Waals surface area (Å²) in [6, 6.07) is 0. The molecule has 30 heavy (non-hydrogen) atoms. The van der Waals surface area contributed by atoms with Crippen molar-refractivity contribution in [3.05, 3.63) is 48.6 Å². The highest BCUT2D eigenvalue weighted by atomic mass is 16.6. The Morgan fingerprint density at radius 3 is 2.17 bits per heavy atom. The van der Waals surface area contributed by atoms with Gasteiger partial charge in [0.2, 0.25) is 0 Å². The Labute approximate surface area is 182 Å². The molecule has 1 heterocycles. The zero-order valence-electron chi connectivity index (χ0n) is 18.5. The first-order valence-electron chi connectivity index (χ1n) is 11.4. The van der Waals surface area contributed by atoms with Crippen LogP contribution in [0.1, 0.15) is 71.1 Å². The largest absolute Gasteiger partial charge is 0.463 e. The molecule has 0 bridgehead atoms. The lowest BCUT2D eigenvalue weighted by molar-refractivity contribution is -0.147. The van der Waals surface area contributed by atoms with Gasteiger partial charge in [-0.15, -0.1) is 0 Å². The second-order valence-electron chi connectivity index (χ2n) is 7.57. The molecule has 0 spiro atoms. The van der Waals surface area contributed by atoms with Crippen molar-refractivity contribution in [1.82, 2.24) is 0 Å². The molecule has 170 valence electrons. The summed E-state index contributed by atoms with van der Waals surface area (Å²) in [4.78, 5) is 11.4. The summed E-state index contributed by atoms with van der Waals surface area (Å²) in [6.07, 6.45) is 26.8. The maximum atomic E-state index is 11.4. The van der Waals surface area contributed by atoms with E-state index in [1.807, 2.05) is 0 Å². The van der Waals surface area contributed by atoms with Crippen LogP contribution in [0.3, 0.4) is 0 Å². The minimum absolute atomic E-state index is 0.131. The molecule has 5 nitrogen and oxygen atoms in total. The summed E-state index contributed by atoms with van der Waals surface area (Å²) in [5, 5.41) is 17.7. The Morgan fingerprint density at radius 2 is 1.57 bits per heavy atom. The second-order valence-corrected chi connectivity index (χ2v) is 7.57. The Kier molecular flexibility index (Phi) is 15.9. The smallest absolute Gasteiger partial charge is 0.305 e. The molecule has 3 atom stereocenters. The van der Waals surface area contributed by atoms with E-state index in [-0.39, 0.29) is 19.2 Å². The molecule has 3 unspecified atom stereocenters. The number of aliphatic hydroxyl groups excluding tert-OH is 2. The molecule has 1 fully saturated rings. The topological polar surface area (TPSA) is 79.3 Å². The van der Waals surface area contributed by atoms with Gasteiger partial charge in [0.25, 0.3) is 0 Å². The predicted octanol–water partition coefficient (Wildman–Crippen LogP) is 4.80. The average molecular weight is 421 g/mol. The lowest BCUT2D eigenvalue weighted by Gasteiger charge is -2.08. The Morgan fingerprint density at radius 1 is 0.933 bits per heavy atom. The van der Waals surface area contributed by atoms with E-state index in [1.54, 1.807) is 0 Å².